The van der Waals surface area contributed by atoms with Gasteiger partial charge in [-0.25, -0.2) is 0 Å². The molecular weight excluding hydrogens is 645 g/mol. The van der Waals surface area contributed by atoms with Crippen LogP contribution >= 0.6 is 0 Å². The van der Waals surface area contributed by atoms with Gasteiger partial charge in [-0.2, -0.15) is 0 Å². The molecule has 2 heterocycles. The van der Waals surface area contributed by atoms with Crippen LogP contribution in [0.3, 0.4) is 0 Å². The molecule has 0 saturated carbocycles. The molecule has 0 saturated heterocycles. The highest BCUT2D eigenvalue weighted by atomic mass is 16.3. The minimum atomic E-state index is -0.0679. The summed E-state index contributed by atoms with van der Waals surface area (Å²) in [5, 5.41) is 7.24. The minimum Gasteiger partial charge on any atom is -0.456 e. The van der Waals surface area contributed by atoms with Gasteiger partial charge in [-0.05, 0) is 96.8 Å². The Morgan fingerprint density at radius 3 is 1.87 bits per heavy atom. The summed E-state index contributed by atoms with van der Waals surface area (Å²) in [4.78, 5) is 2.38. The number of hydrogen-bond donors (Lipinski definition) is 0. The summed E-state index contributed by atoms with van der Waals surface area (Å²) in [7, 11) is 0. The standard InChI is InChI=1S/C50H38N2O/c1-50(2,3)52-44-19-11-9-17-40(44)41-28-23-36(31-46(41)52)33-21-25-37(26-22-33)51(38-27-29-43-42-18-10-12-20-47(42)53-48(43)32-38)45-30-24-34-13-7-8-16-39(34)49(45)35-14-5-4-6-15-35/h4-32H,1-3H3. The van der Waals surface area contributed by atoms with E-state index in [0.29, 0.717) is 0 Å². The second-order valence-electron chi connectivity index (χ2n) is 15.0. The van der Waals surface area contributed by atoms with Gasteiger partial charge < -0.3 is 13.9 Å². The molecule has 53 heavy (non-hydrogen) atoms. The number of aromatic nitrogens is 1. The van der Waals surface area contributed by atoms with Gasteiger partial charge in [0.2, 0.25) is 0 Å². The van der Waals surface area contributed by atoms with Crippen molar-refractivity contribution in [3.05, 3.63) is 176 Å². The molecule has 3 nitrogen and oxygen atoms in total. The molecule has 10 aromatic rings. The molecule has 0 radical (unpaired) electrons. The van der Waals surface area contributed by atoms with Crippen LogP contribution in [0.2, 0.25) is 0 Å². The van der Waals surface area contributed by atoms with E-state index in [1.165, 1.54) is 54.8 Å². The summed E-state index contributed by atoms with van der Waals surface area (Å²) in [5.74, 6) is 0. The van der Waals surface area contributed by atoms with Crippen LogP contribution in [0.15, 0.2) is 180 Å². The normalized spacial score (nSPS) is 12.1. The molecule has 0 spiro atoms. The first-order chi connectivity index (χ1) is 25.9. The number of hydrogen-bond acceptors (Lipinski definition) is 2. The van der Waals surface area contributed by atoms with Gasteiger partial charge >= 0.3 is 0 Å². The van der Waals surface area contributed by atoms with Gasteiger partial charge in [0.1, 0.15) is 11.2 Å². The predicted octanol–water partition coefficient (Wildman–Crippen LogP) is 14.4. The summed E-state index contributed by atoms with van der Waals surface area (Å²) in [5.41, 5.74) is 12.2. The Balaban J connectivity index is 1.16. The summed E-state index contributed by atoms with van der Waals surface area (Å²) in [6.45, 7) is 6.86. The zero-order valence-electron chi connectivity index (χ0n) is 30.0. The van der Waals surface area contributed by atoms with Gasteiger partial charge in [-0.1, -0.05) is 121 Å². The maximum atomic E-state index is 6.44. The Morgan fingerprint density at radius 1 is 0.434 bits per heavy atom. The van der Waals surface area contributed by atoms with Crippen LogP contribution in [0, 0.1) is 0 Å². The van der Waals surface area contributed by atoms with E-state index in [9.17, 15) is 0 Å². The maximum absolute atomic E-state index is 6.44. The molecule has 0 unspecified atom stereocenters. The van der Waals surface area contributed by atoms with Gasteiger partial charge in [0.15, 0.2) is 0 Å². The van der Waals surface area contributed by atoms with Crippen molar-refractivity contribution < 1.29 is 4.42 Å². The molecule has 0 amide bonds. The number of nitrogens with zero attached hydrogens (tertiary/aromatic N) is 2. The zero-order valence-corrected chi connectivity index (χ0v) is 30.0. The molecule has 0 N–H and O–H groups in total. The van der Waals surface area contributed by atoms with E-state index in [1.807, 2.05) is 12.1 Å². The molecule has 10 rings (SSSR count). The van der Waals surface area contributed by atoms with E-state index in [0.717, 1.165) is 39.0 Å². The quantitative estimate of drug-likeness (QED) is 0.180. The highest BCUT2D eigenvalue weighted by molar-refractivity contribution is 6.10. The summed E-state index contributed by atoms with van der Waals surface area (Å²) in [6, 6.07) is 63.5. The maximum Gasteiger partial charge on any atom is 0.137 e. The lowest BCUT2D eigenvalue weighted by molar-refractivity contribution is 0.423. The highest BCUT2D eigenvalue weighted by Crippen LogP contribution is 2.46. The number of fused-ring (bicyclic) bond motifs is 7. The van der Waals surface area contributed by atoms with Crippen LogP contribution in [0.4, 0.5) is 17.1 Å². The number of furan rings is 1. The fourth-order valence-corrected chi connectivity index (χ4v) is 8.31. The van der Waals surface area contributed by atoms with Crippen LogP contribution in [0.1, 0.15) is 20.8 Å². The van der Waals surface area contributed by atoms with Crippen molar-refractivity contribution in [3.8, 4) is 22.3 Å². The molecular formula is C50H38N2O. The Bertz CT molecular complexity index is 2980. The largest absolute Gasteiger partial charge is 0.456 e. The van der Waals surface area contributed by atoms with Gasteiger partial charge in [0, 0.05) is 55.6 Å². The van der Waals surface area contributed by atoms with Gasteiger partial charge in [0.25, 0.3) is 0 Å². The monoisotopic (exact) mass is 682 g/mol. The number of rotatable bonds is 5. The van der Waals surface area contributed by atoms with Crippen LogP contribution in [-0.2, 0) is 5.54 Å². The average molecular weight is 683 g/mol. The molecule has 0 aliphatic carbocycles. The van der Waals surface area contributed by atoms with Crippen molar-refractivity contribution in [1.82, 2.24) is 4.57 Å². The van der Waals surface area contributed by atoms with Gasteiger partial charge in [-0.15, -0.1) is 0 Å². The van der Waals surface area contributed by atoms with Gasteiger partial charge in [-0.3, -0.25) is 0 Å². The second-order valence-corrected chi connectivity index (χ2v) is 15.0. The van der Waals surface area contributed by atoms with E-state index in [-0.39, 0.29) is 5.54 Å². The summed E-state index contributed by atoms with van der Waals surface area (Å²) >= 11 is 0. The van der Waals surface area contributed by atoms with Crippen LogP contribution < -0.4 is 4.90 Å². The Hall–Kier alpha value is -6.58. The first-order valence-electron chi connectivity index (χ1n) is 18.4. The molecule has 0 aliphatic heterocycles. The van der Waals surface area contributed by atoms with Crippen LogP contribution in [0.25, 0.3) is 76.8 Å². The molecule has 2 aromatic heterocycles. The van der Waals surface area contributed by atoms with E-state index < -0.39 is 0 Å². The number of anilines is 3. The van der Waals surface area contributed by atoms with Crippen molar-refractivity contribution in [3.63, 3.8) is 0 Å². The average Bonchev–Trinajstić information content (AvgIpc) is 3.74. The van der Waals surface area contributed by atoms with Crippen molar-refractivity contribution in [2.45, 2.75) is 26.3 Å². The molecule has 8 aromatic carbocycles. The molecule has 3 heteroatoms. The third-order valence-corrected chi connectivity index (χ3v) is 10.6. The lowest BCUT2D eigenvalue weighted by Crippen LogP contribution is -2.21. The van der Waals surface area contributed by atoms with Crippen molar-refractivity contribution in [1.29, 1.82) is 0 Å². The first kappa shape index (κ1) is 31.2. The molecule has 0 aliphatic rings. The third kappa shape index (κ3) is 5.11. The fourth-order valence-electron chi connectivity index (χ4n) is 8.31. The predicted molar refractivity (Wildman–Crippen MR) is 225 cm³/mol. The van der Waals surface area contributed by atoms with Crippen molar-refractivity contribution in [2.75, 3.05) is 4.90 Å². The van der Waals surface area contributed by atoms with Crippen molar-refractivity contribution in [2.24, 2.45) is 0 Å². The van der Waals surface area contributed by atoms with Crippen LogP contribution in [0.5, 0.6) is 0 Å². The highest BCUT2D eigenvalue weighted by Gasteiger charge is 2.23. The molecule has 0 fully saturated rings. The van der Waals surface area contributed by atoms with E-state index in [2.05, 4.69) is 194 Å². The second kappa shape index (κ2) is 12.0. The number of para-hydroxylation sites is 2. The number of benzene rings is 8. The van der Waals surface area contributed by atoms with E-state index >= 15 is 0 Å². The zero-order chi connectivity index (χ0) is 35.7. The lowest BCUT2D eigenvalue weighted by Gasteiger charge is -2.29. The Kier molecular flexibility index (Phi) is 7.06. The lowest BCUT2D eigenvalue weighted by atomic mass is 9.95. The minimum absolute atomic E-state index is 0.0679. The third-order valence-electron chi connectivity index (χ3n) is 10.6. The van der Waals surface area contributed by atoms with E-state index in [4.69, 9.17) is 4.42 Å². The van der Waals surface area contributed by atoms with Crippen LogP contribution in [-0.4, -0.2) is 4.57 Å². The smallest absolute Gasteiger partial charge is 0.137 e. The SMILES string of the molecule is CC(C)(C)n1c2ccccc2c2ccc(-c3ccc(N(c4ccc5c(c4)oc4ccccc45)c4ccc5ccccc5c4-c4ccccc4)cc3)cc21. The van der Waals surface area contributed by atoms with Gasteiger partial charge in [0.05, 0.1) is 11.2 Å². The fraction of sp³-hybridized carbons (Fsp3) is 0.0800. The first-order valence-corrected chi connectivity index (χ1v) is 18.4. The molecule has 0 bridgehead atoms. The van der Waals surface area contributed by atoms with E-state index in [1.54, 1.807) is 0 Å². The topological polar surface area (TPSA) is 21.3 Å². The molecule has 0 atom stereocenters. The summed E-state index contributed by atoms with van der Waals surface area (Å²) in [6.07, 6.45) is 0. The van der Waals surface area contributed by atoms with Crippen molar-refractivity contribution >= 4 is 71.6 Å². The Morgan fingerprint density at radius 2 is 1.06 bits per heavy atom. The molecule has 254 valence electrons. The Labute approximate surface area is 309 Å². The summed E-state index contributed by atoms with van der Waals surface area (Å²) < 4.78 is 8.92.